The SMILES string of the molecule is C=CCN1C(=O)/C(=C\c2cccs2)SC1=Nc1cccnc1Cl. The number of hydrogen-bond acceptors (Lipinski definition) is 5. The smallest absolute Gasteiger partial charge is 0.267 e. The highest BCUT2D eigenvalue weighted by molar-refractivity contribution is 8.18. The Morgan fingerprint density at radius 1 is 1.39 bits per heavy atom. The third kappa shape index (κ3) is 3.55. The second-order valence-electron chi connectivity index (χ2n) is 4.54. The number of hydrogen-bond donors (Lipinski definition) is 0. The lowest BCUT2D eigenvalue weighted by atomic mass is 10.3. The highest BCUT2D eigenvalue weighted by Gasteiger charge is 2.32. The number of carbonyl (C=O) groups is 1. The molecule has 1 aliphatic heterocycles. The van der Waals surface area contributed by atoms with Gasteiger partial charge >= 0.3 is 0 Å². The average Bonchev–Trinajstić information content (AvgIpc) is 3.14. The van der Waals surface area contributed by atoms with Crippen LogP contribution in [0.4, 0.5) is 5.69 Å². The van der Waals surface area contributed by atoms with Crippen molar-refractivity contribution in [2.75, 3.05) is 6.54 Å². The molecule has 0 spiro atoms. The number of amides is 1. The summed E-state index contributed by atoms with van der Waals surface area (Å²) in [5, 5.41) is 2.86. The molecule has 0 saturated carbocycles. The normalized spacial score (nSPS) is 18.1. The molecule has 2 aromatic heterocycles. The first-order valence-electron chi connectivity index (χ1n) is 6.74. The van der Waals surface area contributed by atoms with Crippen LogP contribution in [-0.2, 0) is 4.79 Å². The minimum absolute atomic E-state index is 0.0814. The quantitative estimate of drug-likeness (QED) is 0.454. The number of rotatable bonds is 4. The molecule has 0 unspecified atom stereocenters. The van der Waals surface area contributed by atoms with Crippen molar-refractivity contribution in [3.63, 3.8) is 0 Å². The highest BCUT2D eigenvalue weighted by Crippen LogP contribution is 2.35. The average molecular weight is 362 g/mol. The molecule has 2 aromatic rings. The van der Waals surface area contributed by atoms with Crippen molar-refractivity contribution in [2.45, 2.75) is 0 Å². The molecule has 1 saturated heterocycles. The molecule has 0 radical (unpaired) electrons. The van der Waals surface area contributed by atoms with Crippen LogP contribution in [0.25, 0.3) is 6.08 Å². The number of carbonyl (C=O) groups excluding carboxylic acids is 1. The second kappa shape index (κ2) is 7.12. The fourth-order valence-electron chi connectivity index (χ4n) is 1.95. The van der Waals surface area contributed by atoms with Gasteiger partial charge in [0.15, 0.2) is 10.3 Å². The van der Waals surface area contributed by atoms with E-state index in [-0.39, 0.29) is 5.91 Å². The maximum Gasteiger partial charge on any atom is 0.267 e. The maximum atomic E-state index is 12.6. The lowest BCUT2D eigenvalue weighted by Gasteiger charge is -2.12. The van der Waals surface area contributed by atoms with Crippen molar-refractivity contribution in [2.24, 2.45) is 4.99 Å². The monoisotopic (exact) mass is 361 g/mol. The fraction of sp³-hybridized carbons (Fsp3) is 0.0625. The number of thioether (sulfide) groups is 1. The Bertz CT molecular complexity index is 799. The van der Waals surface area contributed by atoms with Gasteiger partial charge in [-0.3, -0.25) is 9.69 Å². The number of amidine groups is 1. The summed E-state index contributed by atoms with van der Waals surface area (Å²) in [6.07, 6.45) is 5.15. The molecular formula is C16H12ClN3OS2. The molecular weight excluding hydrogens is 350 g/mol. The van der Waals surface area contributed by atoms with Gasteiger partial charge in [0.2, 0.25) is 0 Å². The van der Waals surface area contributed by atoms with Gasteiger partial charge in [-0.05, 0) is 41.4 Å². The number of halogens is 1. The first-order chi connectivity index (χ1) is 11.2. The van der Waals surface area contributed by atoms with Gasteiger partial charge in [0.25, 0.3) is 5.91 Å². The molecule has 3 rings (SSSR count). The highest BCUT2D eigenvalue weighted by atomic mass is 35.5. The van der Waals surface area contributed by atoms with Crippen molar-refractivity contribution in [3.8, 4) is 0 Å². The summed E-state index contributed by atoms with van der Waals surface area (Å²) in [4.78, 5) is 24.3. The Hall–Kier alpha value is -1.89. The van der Waals surface area contributed by atoms with Crippen LogP contribution in [0.2, 0.25) is 5.15 Å². The van der Waals surface area contributed by atoms with Crippen LogP contribution in [0, 0.1) is 0 Å². The summed E-state index contributed by atoms with van der Waals surface area (Å²) in [7, 11) is 0. The van der Waals surface area contributed by atoms with Crippen LogP contribution in [0.15, 0.2) is 58.4 Å². The van der Waals surface area contributed by atoms with Gasteiger partial charge in [0.1, 0.15) is 5.69 Å². The summed E-state index contributed by atoms with van der Waals surface area (Å²) in [6, 6.07) is 7.44. The van der Waals surface area contributed by atoms with Gasteiger partial charge in [-0.15, -0.1) is 17.9 Å². The maximum absolute atomic E-state index is 12.6. The summed E-state index contributed by atoms with van der Waals surface area (Å²) in [5.41, 5.74) is 0.538. The van der Waals surface area contributed by atoms with Crippen LogP contribution in [0.1, 0.15) is 4.88 Å². The molecule has 0 bridgehead atoms. The Balaban J connectivity index is 1.97. The molecule has 1 amide bonds. The van der Waals surface area contributed by atoms with Gasteiger partial charge in [-0.1, -0.05) is 23.7 Å². The number of nitrogens with zero attached hydrogens (tertiary/aromatic N) is 3. The van der Waals surface area contributed by atoms with E-state index in [1.54, 1.807) is 40.6 Å². The lowest BCUT2D eigenvalue weighted by Crippen LogP contribution is -2.29. The van der Waals surface area contributed by atoms with E-state index in [4.69, 9.17) is 11.6 Å². The molecule has 23 heavy (non-hydrogen) atoms. The van der Waals surface area contributed by atoms with Crippen LogP contribution < -0.4 is 0 Å². The molecule has 116 valence electrons. The zero-order valence-electron chi connectivity index (χ0n) is 12.0. The van der Waals surface area contributed by atoms with E-state index in [0.29, 0.717) is 27.5 Å². The van der Waals surface area contributed by atoms with Crippen LogP contribution >= 0.6 is 34.7 Å². The molecule has 0 atom stereocenters. The van der Waals surface area contributed by atoms with E-state index in [1.807, 2.05) is 23.6 Å². The number of pyridine rings is 1. The molecule has 3 heterocycles. The molecule has 0 aromatic carbocycles. The summed E-state index contributed by atoms with van der Waals surface area (Å²) >= 11 is 8.96. The van der Waals surface area contributed by atoms with Crippen molar-refractivity contribution >= 4 is 57.5 Å². The molecule has 7 heteroatoms. The first kappa shape index (κ1) is 16.0. The second-order valence-corrected chi connectivity index (χ2v) is 6.88. The number of thiophene rings is 1. The molecule has 1 fully saturated rings. The van der Waals surface area contributed by atoms with Crippen molar-refractivity contribution in [1.82, 2.24) is 9.88 Å². The third-order valence-electron chi connectivity index (χ3n) is 2.97. The predicted octanol–water partition coefficient (Wildman–Crippen LogP) is 4.59. The molecule has 1 aliphatic rings. The van der Waals surface area contributed by atoms with Gasteiger partial charge in [-0.2, -0.15) is 0 Å². The van der Waals surface area contributed by atoms with Crippen LogP contribution in [-0.4, -0.2) is 27.5 Å². The van der Waals surface area contributed by atoms with Crippen LogP contribution in [0.3, 0.4) is 0 Å². The minimum Gasteiger partial charge on any atom is -0.283 e. The van der Waals surface area contributed by atoms with E-state index in [9.17, 15) is 4.79 Å². The van der Waals surface area contributed by atoms with Crippen molar-refractivity contribution in [3.05, 3.63) is 63.4 Å². The fourth-order valence-corrected chi connectivity index (χ4v) is 3.83. The van der Waals surface area contributed by atoms with Gasteiger partial charge < -0.3 is 0 Å². The molecule has 0 N–H and O–H groups in total. The molecule has 4 nitrogen and oxygen atoms in total. The standard InChI is InChI=1S/C16H12ClN3OS2/c1-2-8-20-15(21)13(10-11-5-4-9-22-11)23-16(20)19-12-6-3-7-18-14(12)17/h2-7,9-10H,1,8H2/b13-10+,19-16?. The molecule has 0 aliphatic carbocycles. The first-order valence-corrected chi connectivity index (χ1v) is 8.81. The van der Waals surface area contributed by atoms with E-state index < -0.39 is 0 Å². The summed E-state index contributed by atoms with van der Waals surface area (Å²) in [5.74, 6) is -0.0814. The Labute approximate surface area is 147 Å². The number of aromatic nitrogens is 1. The minimum atomic E-state index is -0.0814. The van der Waals surface area contributed by atoms with Crippen molar-refractivity contribution < 1.29 is 4.79 Å². The van der Waals surface area contributed by atoms with Gasteiger partial charge in [-0.25, -0.2) is 9.98 Å². The van der Waals surface area contributed by atoms with E-state index >= 15 is 0 Å². The zero-order chi connectivity index (χ0) is 16.2. The Kier molecular flexibility index (Phi) is 4.95. The predicted molar refractivity (Wildman–Crippen MR) is 98.1 cm³/mol. The van der Waals surface area contributed by atoms with E-state index in [2.05, 4.69) is 16.6 Å². The summed E-state index contributed by atoms with van der Waals surface area (Å²) < 4.78 is 0. The van der Waals surface area contributed by atoms with Crippen molar-refractivity contribution in [1.29, 1.82) is 0 Å². The number of aliphatic imine (C=N–C) groups is 1. The Morgan fingerprint density at radius 2 is 2.26 bits per heavy atom. The van der Waals surface area contributed by atoms with E-state index in [0.717, 1.165) is 4.88 Å². The lowest BCUT2D eigenvalue weighted by molar-refractivity contribution is -0.121. The Morgan fingerprint density at radius 3 is 2.96 bits per heavy atom. The van der Waals surface area contributed by atoms with Gasteiger partial charge in [0, 0.05) is 17.6 Å². The largest absolute Gasteiger partial charge is 0.283 e. The van der Waals surface area contributed by atoms with E-state index in [1.165, 1.54) is 11.8 Å². The summed E-state index contributed by atoms with van der Waals surface area (Å²) in [6.45, 7) is 4.10. The topological polar surface area (TPSA) is 45.6 Å². The van der Waals surface area contributed by atoms with Gasteiger partial charge in [0.05, 0.1) is 4.91 Å². The third-order valence-corrected chi connectivity index (χ3v) is 5.09. The van der Waals surface area contributed by atoms with Crippen LogP contribution in [0.5, 0.6) is 0 Å². The zero-order valence-corrected chi connectivity index (χ0v) is 14.4.